The molecule has 7 heteroatoms. The molecule has 0 amide bonds. The highest BCUT2D eigenvalue weighted by Gasteiger charge is 2.20. The Labute approximate surface area is 124 Å². The SMILES string of the molecule is CCOC(=O)c1cccnc1N(CCN(C)C)CC(=O)O. The molecule has 0 spiro atoms. The quantitative estimate of drug-likeness (QED) is 0.707. The van der Waals surface area contributed by atoms with Crippen LogP contribution in [0, 0.1) is 0 Å². The van der Waals surface area contributed by atoms with Gasteiger partial charge in [0.15, 0.2) is 0 Å². The van der Waals surface area contributed by atoms with Gasteiger partial charge in [-0.1, -0.05) is 0 Å². The summed E-state index contributed by atoms with van der Waals surface area (Å²) in [6, 6.07) is 3.21. The second kappa shape index (κ2) is 8.21. The van der Waals surface area contributed by atoms with Crippen molar-refractivity contribution in [1.29, 1.82) is 0 Å². The molecule has 21 heavy (non-hydrogen) atoms. The Balaban J connectivity index is 3.05. The van der Waals surface area contributed by atoms with Gasteiger partial charge in [0.25, 0.3) is 0 Å². The molecule has 0 aliphatic rings. The van der Waals surface area contributed by atoms with E-state index < -0.39 is 11.9 Å². The zero-order valence-corrected chi connectivity index (χ0v) is 12.6. The van der Waals surface area contributed by atoms with Gasteiger partial charge in [-0.15, -0.1) is 0 Å². The van der Waals surface area contributed by atoms with Gasteiger partial charge in [-0.25, -0.2) is 9.78 Å². The Morgan fingerprint density at radius 1 is 1.33 bits per heavy atom. The van der Waals surface area contributed by atoms with Gasteiger partial charge in [-0.2, -0.15) is 0 Å². The number of carboxylic acid groups (broad SMARTS) is 1. The summed E-state index contributed by atoms with van der Waals surface area (Å²) in [4.78, 5) is 30.6. The van der Waals surface area contributed by atoms with Crippen molar-refractivity contribution >= 4 is 17.8 Å². The summed E-state index contributed by atoms with van der Waals surface area (Å²) in [5.74, 6) is -1.14. The fraction of sp³-hybridized carbons (Fsp3) is 0.500. The molecule has 1 aromatic rings. The number of anilines is 1. The van der Waals surface area contributed by atoms with Gasteiger partial charge in [0.2, 0.25) is 0 Å². The minimum absolute atomic E-state index is 0.225. The summed E-state index contributed by atoms with van der Waals surface area (Å²) in [5.41, 5.74) is 0.277. The van der Waals surface area contributed by atoms with Crippen LogP contribution >= 0.6 is 0 Å². The largest absolute Gasteiger partial charge is 0.480 e. The predicted molar refractivity (Wildman–Crippen MR) is 78.6 cm³/mol. The molecular formula is C14H21N3O4. The minimum Gasteiger partial charge on any atom is -0.480 e. The first-order valence-electron chi connectivity index (χ1n) is 6.69. The number of carbonyl (C=O) groups excluding carboxylic acids is 1. The van der Waals surface area contributed by atoms with Gasteiger partial charge in [0.1, 0.15) is 17.9 Å². The Hall–Kier alpha value is -2.15. The van der Waals surface area contributed by atoms with Crippen molar-refractivity contribution in [3.05, 3.63) is 23.9 Å². The lowest BCUT2D eigenvalue weighted by Gasteiger charge is -2.25. The predicted octanol–water partition coefficient (Wildman–Crippen LogP) is 0.711. The molecule has 0 fully saturated rings. The van der Waals surface area contributed by atoms with Crippen molar-refractivity contribution < 1.29 is 19.4 Å². The molecule has 7 nitrogen and oxygen atoms in total. The molecule has 0 aliphatic carbocycles. The first-order chi connectivity index (χ1) is 9.95. The molecular weight excluding hydrogens is 274 g/mol. The minimum atomic E-state index is -0.978. The number of aromatic nitrogens is 1. The monoisotopic (exact) mass is 295 g/mol. The lowest BCUT2D eigenvalue weighted by molar-refractivity contribution is -0.135. The number of pyridine rings is 1. The van der Waals surface area contributed by atoms with E-state index in [2.05, 4.69) is 4.98 Å². The molecule has 0 aromatic carbocycles. The number of hydrogen-bond donors (Lipinski definition) is 1. The molecule has 0 aliphatic heterocycles. The van der Waals surface area contributed by atoms with Crippen molar-refractivity contribution in [1.82, 2.24) is 9.88 Å². The molecule has 116 valence electrons. The van der Waals surface area contributed by atoms with E-state index in [1.165, 1.54) is 6.20 Å². The van der Waals surface area contributed by atoms with Gasteiger partial charge >= 0.3 is 11.9 Å². The molecule has 1 N–H and O–H groups in total. The Morgan fingerprint density at radius 3 is 2.62 bits per heavy atom. The molecule has 0 saturated heterocycles. The number of rotatable bonds is 8. The van der Waals surface area contributed by atoms with Gasteiger partial charge in [-0.05, 0) is 33.2 Å². The smallest absolute Gasteiger partial charge is 0.341 e. The molecule has 1 rings (SSSR count). The van der Waals surface area contributed by atoms with Crippen LogP contribution in [0.4, 0.5) is 5.82 Å². The van der Waals surface area contributed by atoms with E-state index in [9.17, 15) is 9.59 Å². The van der Waals surface area contributed by atoms with Crippen molar-refractivity contribution in [2.75, 3.05) is 45.2 Å². The van der Waals surface area contributed by atoms with Gasteiger partial charge in [0.05, 0.1) is 6.61 Å². The van der Waals surface area contributed by atoms with Crippen LogP contribution in [0.15, 0.2) is 18.3 Å². The van der Waals surface area contributed by atoms with Crippen molar-refractivity contribution in [2.24, 2.45) is 0 Å². The summed E-state index contributed by atoms with van der Waals surface area (Å²) < 4.78 is 4.99. The highest BCUT2D eigenvalue weighted by atomic mass is 16.5. The van der Waals surface area contributed by atoms with Gasteiger partial charge in [0, 0.05) is 19.3 Å². The molecule has 0 atom stereocenters. The lowest BCUT2D eigenvalue weighted by Crippen LogP contribution is -2.37. The normalized spacial score (nSPS) is 10.5. The van der Waals surface area contributed by atoms with E-state index in [0.29, 0.717) is 18.9 Å². The van der Waals surface area contributed by atoms with Crippen LogP contribution in [0.2, 0.25) is 0 Å². The summed E-state index contributed by atoms with van der Waals surface area (Å²) in [5, 5.41) is 9.04. The average Bonchev–Trinajstić information content (AvgIpc) is 2.43. The third-order valence-electron chi connectivity index (χ3n) is 2.72. The zero-order chi connectivity index (χ0) is 15.8. The van der Waals surface area contributed by atoms with Gasteiger partial charge < -0.3 is 19.6 Å². The third kappa shape index (κ3) is 5.39. The zero-order valence-electron chi connectivity index (χ0n) is 12.6. The Bertz CT molecular complexity index is 491. The van der Waals surface area contributed by atoms with Crippen LogP contribution in [0.3, 0.4) is 0 Å². The van der Waals surface area contributed by atoms with Crippen LogP contribution in [0.5, 0.6) is 0 Å². The standard InChI is InChI=1S/C14H21N3O4/c1-4-21-14(20)11-6-5-7-15-13(11)17(10-12(18)19)9-8-16(2)3/h5-7H,4,8-10H2,1-3H3,(H,18,19). The van der Waals surface area contributed by atoms with E-state index in [1.807, 2.05) is 19.0 Å². The van der Waals surface area contributed by atoms with E-state index in [-0.39, 0.29) is 18.7 Å². The second-order valence-electron chi connectivity index (χ2n) is 4.71. The summed E-state index contributed by atoms with van der Waals surface area (Å²) >= 11 is 0. The lowest BCUT2D eigenvalue weighted by atomic mass is 10.2. The number of aliphatic carboxylic acids is 1. The number of nitrogens with zero attached hydrogens (tertiary/aromatic N) is 3. The van der Waals surface area contributed by atoms with E-state index in [0.717, 1.165) is 0 Å². The number of carbonyl (C=O) groups is 2. The first-order valence-corrected chi connectivity index (χ1v) is 6.69. The maximum Gasteiger partial charge on any atom is 0.341 e. The first kappa shape index (κ1) is 16.9. The number of ether oxygens (including phenoxy) is 1. The summed E-state index contributed by atoms with van der Waals surface area (Å²) in [7, 11) is 3.78. The summed E-state index contributed by atoms with van der Waals surface area (Å²) in [6.45, 7) is 2.84. The number of likely N-dealkylation sites (N-methyl/N-ethyl adjacent to an activating group) is 1. The van der Waals surface area contributed by atoms with Crippen molar-refractivity contribution in [2.45, 2.75) is 6.92 Å². The molecule has 0 unspecified atom stereocenters. The topological polar surface area (TPSA) is 83.0 Å². The van der Waals surface area contributed by atoms with E-state index in [1.54, 1.807) is 24.0 Å². The number of carboxylic acids is 1. The van der Waals surface area contributed by atoms with Crippen LogP contribution in [0.1, 0.15) is 17.3 Å². The maximum atomic E-state index is 11.9. The van der Waals surface area contributed by atoms with Crippen molar-refractivity contribution in [3.63, 3.8) is 0 Å². The Morgan fingerprint density at radius 2 is 2.05 bits per heavy atom. The molecule has 0 bridgehead atoms. The van der Waals surface area contributed by atoms with Crippen molar-refractivity contribution in [3.8, 4) is 0 Å². The molecule has 0 saturated carbocycles. The van der Waals surface area contributed by atoms with E-state index >= 15 is 0 Å². The number of hydrogen-bond acceptors (Lipinski definition) is 6. The fourth-order valence-electron chi connectivity index (χ4n) is 1.76. The second-order valence-corrected chi connectivity index (χ2v) is 4.71. The maximum absolute atomic E-state index is 11.9. The van der Waals surface area contributed by atoms with E-state index in [4.69, 9.17) is 9.84 Å². The average molecular weight is 295 g/mol. The van der Waals surface area contributed by atoms with Crippen LogP contribution in [-0.2, 0) is 9.53 Å². The highest BCUT2D eigenvalue weighted by molar-refractivity contribution is 5.95. The van der Waals surface area contributed by atoms with Crippen LogP contribution < -0.4 is 4.90 Å². The molecule has 1 heterocycles. The summed E-state index contributed by atoms with van der Waals surface area (Å²) in [6.07, 6.45) is 1.53. The number of esters is 1. The molecule has 0 radical (unpaired) electrons. The molecule has 1 aromatic heterocycles. The van der Waals surface area contributed by atoms with Gasteiger partial charge in [-0.3, -0.25) is 4.79 Å². The third-order valence-corrected chi connectivity index (χ3v) is 2.72. The van der Waals surface area contributed by atoms with Crippen LogP contribution in [0.25, 0.3) is 0 Å². The Kier molecular flexibility index (Phi) is 6.61. The fourth-order valence-corrected chi connectivity index (χ4v) is 1.76. The van der Waals surface area contributed by atoms with Crippen LogP contribution in [-0.4, -0.2) is 67.3 Å². The highest BCUT2D eigenvalue weighted by Crippen LogP contribution is 2.18.